The summed E-state index contributed by atoms with van der Waals surface area (Å²) in [4.78, 5) is 28.4. The predicted molar refractivity (Wildman–Crippen MR) is 98.7 cm³/mol. The molecule has 0 spiro atoms. The maximum atomic E-state index is 12.4. The van der Waals surface area contributed by atoms with Gasteiger partial charge in [0.1, 0.15) is 6.04 Å². The fraction of sp³-hybridized carbons (Fsp3) is 0.579. The van der Waals surface area contributed by atoms with Crippen molar-refractivity contribution in [3.63, 3.8) is 0 Å². The molecular weight excluding hydrogens is 318 g/mol. The van der Waals surface area contributed by atoms with Gasteiger partial charge < -0.3 is 10.1 Å². The van der Waals surface area contributed by atoms with Crippen LogP contribution in [-0.4, -0.2) is 67.0 Å². The first-order valence-corrected chi connectivity index (χ1v) is 8.91. The number of aryl methyl sites for hydroxylation is 2. The molecule has 0 aliphatic carbocycles. The van der Waals surface area contributed by atoms with Crippen molar-refractivity contribution < 1.29 is 14.3 Å². The van der Waals surface area contributed by atoms with Gasteiger partial charge in [0.05, 0.1) is 13.2 Å². The molecule has 1 saturated heterocycles. The van der Waals surface area contributed by atoms with Gasteiger partial charge in [0.25, 0.3) is 0 Å². The molecule has 1 amide bonds. The van der Waals surface area contributed by atoms with Gasteiger partial charge in [-0.2, -0.15) is 0 Å². The van der Waals surface area contributed by atoms with E-state index < -0.39 is 0 Å². The van der Waals surface area contributed by atoms with Crippen molar-refractivity contribution in [2.24, 2.45) is 0 Å². The smallest absolute Gasteiger partial charge is 0.323 e. The van der Waals surface area contributed by atoms with Gasteiger partial charge in [-0.3, -0.25) is 19.4 Å². The van der Waals surface area contributed by atoms with E-state index in [0.29, 0.717) is 13.2 Å². The number of piperazine rings is 1. The highest BCUT2D eigenvalue weighted by Crippen LogP contribution is 2.19. The highest BCUT2D eigenvalue weighted by molar-refractivity contribution is 5.93. The number of carbonyl (C=O) groups excluding carboxylic acids is 2. The van der Waals surface area contributed by atoms with Crippen molar-refractivity contribution in [2.45, 2.75) is 33.7 Å². The normalized spacial score (nSPS) is 17.1. The molecule has 1 atom stereocenters. The first-order valence-electron chi connectivity index (χ1n) is 8.91. The van der Waals surface area contributed by atoms with Gasteiger partial charge in [0.2, 0.25) is 5.91 Å². The number of amides is 1. The second-order valence-electron chi connectivity index (χ2n) is 6.56. The number of nitrogens with one attached hydrogen (secondary N) is 1. The van der Waals surface area contributed by atoms with Crippen LogP contribution in [0.2, 0.25) is 0 Å². The number of rotatable bonds is 6. The monoisotopic (exact) mass is 347 g/mol. The molecule has 1 aliphatic heterocycles. The molecule has 138 valence electrons. The Labute approximate surface area is 150 Å². The largest absolute Gasteiger partial charge is 0.465 e. The van der Waals surface area contributed by atoms with E-state index in [4.69, 9.17) is 4.74 Å². The molecule has 6 nitrogen and oxygen atoms in total. The lowest BCUT2D eigenvalue weighted by molar-refractivity contribution is -0.149. The summed E-state index contributed by atoms with van der Waals surface area (Å²) in [7, 11) is 0. The quantitative estimate of drug-likeness (QED) is 0.795. The minimum Gasteiger partial charge on any atom is -0.465 e. The third kappa shape index (κ3) is 5.28. The number of hydrogen-bond acceptors (Lipinski definition) is 5. The van der Waals surface area contributed by atoms with E-state index in [2.05, 4.69) is 15.1 Å². The third-order valence-electron chi connectivity index (χ3n) is 4.70. The first-order chi connectivity index (χ1) is 11.9. The SMILES string of the molecule is CCOC(=O)[C@@H](C)N1CCN(CC(=O)Nc2c(C)cccc2C)CC1. The average molecular weight is 347 g/mol. The van der Waals surface area contributed by atoms with E-state index in [-0.39, 0.29) is 17.9 Å². The standard InChI is InChI=1S/C19H29N3O3/c1-5-25-19(24)16(4)22-11-9-21(10-12-22)13-17(23)20-18-14(2)7-6-8-15(18)3/h6-8,16H,5,9-13H2,1-4H3,(H,20,23)/t16-/m1/s1. The number of esters is 1. The molecule has 1 aromatic carbocycles. The molecule has 1 heterocycles. The highest BCUT2D eigenvalue weighted by Gasteiger charge is 2.27. The van der Waals surface area contributed by atoms with E-state index in [1.807, 2.05) is 45.9 Å². The van der Waals surface area contributed by atoms with E-state index in [9.17, 15) is 9.59 Å². The molecule has 1 aliphatic rings. The summed E-state index contributed by atoms with van der Waals surface area (Å²) in [6.07, 6.45) is 0. The maximum absolute atomic E-state index is 12.4. The fourth-order valence-corrected chi connectivity index (χ4v) is 3.11. The minimum absolute atomic E-state index is 0.00397. The lowest BCUT2D eigenvalue weighted by Crippen LogP contribution is -2.53. The van der Waals surface area contributed by atoms with Crippen LogP contribution in [0.15, 0.2) is 18.2 Å². The zero-order valence-corrected chi connectivity index (χ0v) is 15.7. The maximum Gasteiger partial charge on any atom is 0.323 e. The first kappa shape index (κ1) is 19.4. The third-order valence-corrected chi connectivity index (χ3v) is 4.70. The number of hydrogen-bond donors (Lipinski definition) is 1. The summed E-state index contributed by atoms with van der Waals surface area (Å²) in [6, 6.07) is 5.76. The zero-order chi connectivity index (χ0) is 18.4. The Morgan fingerprint density at radius 1 is 1.16 bits per heavy atom. The van der Waals surface area contributed by atoms with Crippen LogP contribution >= 0.6 is 0 Å². The lowest BCUT2D eigenvalue weighted by Gasteiger charge is -2.36. The summed E-state index contributed by atoms with van der Waals surface area (Å²) in [5.41, 5.74) is 3.05. The number of nitrogens with zero attached hydrogens (tertiary/aromatic N) is 2. The Balaban J connectivity index is 1.82. The molecule has 0 bridgehead atoms. The predicted octanol–water partition coefficient (Wildman–Crippen LogP) is 1.81. The topological polar surface area (TPSA) is 61.9 Å². The number of benzene rings is 1. The van der Waals surface area contributed by atoms with E-state index in [1.54, 1.807) is 0 Å². The number of para-hydroxylation sites is 1. The Hall–Kier alpha value is -1.92. The van der Waals surface area contributed by atoms with Gasteiger partial charge in [0.15, 0.2) is 0 Å². The van der Waals surface area contributed by atoms with Gasteiger partial charge in [-0.1, -0.05) is 18.2 Å². The molecule has 1 fully saturated rings. The van der Waals surface area contributed by atoms with E-state index in [0.717, 1.165) is 43.0 Å². The summed E-state index contributed by atoms with van der Waals surface area (Å²) in [5.74, 6) is -0.173. The summed E-state index contributed by atoms with van der Waals surface area (Å²) in [5, 5.41) is 3.03. The van der Waals surface area contributed by atoms with Crippen LogP contribution < -0.4 is 5.32 Å². The van der Waals surface area contributed by atoms with Gasteiger partial charge in [-0.05, 0) is 38.8 Å². The van der Waals surface area contributed by atoms with Gasteiger partial charge in [-0.25, -0.2) is 0 Å². The van der Waals surface area contributed by atoms with Crippen LogP contribution in [0.25, 0.3) is 0 Å². The van der Waals surface area contributed by atoms with Crippen molar-refractivity contribution >= 4 is 17.6 Å². The Morgan fingerprint density at radius 2 is 1.76 bits per heavy atom. The molecule has 1 N–H and O–H groups in total. The summed E-state index contributed by atoms with van der Waals surface area (Å²) >= 11 is 0. The van der Waals surface area contributed by atoms with Crippen LogP contribution in [0.4, 0.5) is 5.69 Å². The molecule has 0 saturated carbocycles. The van der Waals surface area contributed by atoms with Crippen molar-refractivity contribution in [2.75, 3.05) is 44.6 Å². The van der Waals surface area contributed by atoms with Crippen LogP contribution in [0.3, 0.4) is 0 Å². The number of carbonyl (C=O) groups is 2. The van der Waals surface area contributed by atoms with Crippen molar-refractivity contribution in [1.29, 1.82) is 0 Å². The lowest BCUT2D eigenvalue weighted by atomic mass is 10.1. The van der Waals surface area contributed by atoms with Gasteiger partial charge in [0, 0.05) is 31.9 Å². The van der Waals surface area contributed by atoms with E-state index >= 15 is 0 Å². The molecule has 2 rings (SSSR count). The Morgan fingerprint density at radius 3 is 2.32 bits per heavy atom. The molecule has 25 heavy (non-hydrogen) atoms. The Kier molecular flexibility index (Phi) is 6.96. The second-order valence-corrected chi connectivity index (χ2v) is 6.56. The van der Waals surface area contributed by atoms with Crippen LogP contribution in [0.1, 0.15) is 25.0 Å². The van der Waals surface area contributed by atoms with Crippen molar-refractivity contribution in [3.05, 3.63) is 29.3 Å². The molecule has 1 aromatic rings. The number of ether oxygens (including phenoxy) is 1. The van der Waals surface area contributed by atoms with Gasteiger partial charge >= 0.3 is 5.97 Å². The molecule has 0 radical (unpaired) electrons. The van der Waals surface area contributed by atoms with Crippen LogP contribution in [-0.2, 0) is 14.3 Å². The molecule has 6 heteroatoms. The number of anilines is 1. The molecule has 0 unspecified atom stereocenters. The van der Waals surface area contributed by atoms with Gasteiger partial charge in [-0.15, -0.1) is 0 Å². The second kappa shape index (κ2) is 8.97. The molecular formula is C19H29N3O3. The summed E-state index contributed by atoms with van der Waals surface area (Å²) in [6.45, 7) is 11.5. The average Bonchev–Trinajstić information content (AvgIpc) is 2.58. The van der Waals surface area contributed by atoms with Crippen LogP contribution in [0.5, 0.6) is 0 Å². The van der Waals surface area contributed by atoms with E-state index in [1.165, 1.54) is 0 Å². The zero-order valence-electron chi connectivity index (χ0n) is 15.7. The fourth-order valence-electron chi connectivity index (χ4n) is 3.11. The van der Waals surface area contributed by atoms with Crippen molar-refractivity contribution in [3.8, 4) is 0 Å². The Bertz CT molecular complexity index is 590. The summed E-state index contributed by atoms with van der Waals surface area (Å²) < 4.78 is 5.08. The van der Waals surface area contributed by atoms with Crippen molar-refractivity contribution in [1.82, 2.24) is 9.80 Å². The highest BCUT2D eigenvalue weighted by atomic mass is 16.5. The molecule has 0 aromatic heterocycles. The van der Waals surface area contributed by atoms with Crippen LogP contribution in [0, 0.1) is 13.8 Å². The minimum atomic E-state index is -0.231.